The van der Waals surface area contributed by atoms with E-state index in [9.17, 15) is 5.11 Å². The Morgan fingerprint density at radius 3 is 1.52 bits per heavy atom. The Hall–Kier alpha value is -1.76. The molecule has 1 nitrogen and oxygen atoms in total. The van der Waals surface area contributed by atoms with Crippen LogP contribution in [0.15, 0.2) is 42.5 Å². The SMILES string of the molecule is CC(C)(C)c1cc(O)cc(C(C)(C)C)c1-c1ccccc1. The molecule has 0 heterocycles. The molecule has 2 aromatic rings. The summed E-state index contributed by atoms with van der Waals surface area (Å²) in [6.45, 7) is 13.2. The summed E-state index contributed by atoms with van der Waals surface area (Å²) < 4.78 is 0. The summed E-state index contributed by atoms with van der Waals surface area (Å²) in [5.74, 6) is 0.351. The molecule has 2 rings (SSSR count). The lowest BCUT2D eigenvalue weighted by atomic mass is 9.74. The van der Waals surface area contributed by atoms with Crippen molar-refractivity contribution in [2.45, 2.75) is 52.4 Å². The fraction of sp³-hybridized carbons (Fsp3) is 0.400. The standard InChI is InChI=1S/C20H26O/c1-19(2,3)16-12-15(21)13-17(20(4,5)6)18(16)14-10-8-7-9-11-14/h7-13,21H,1-6H3. The Morgan fingerprint density at radius 2 is 1.14 bits per heavy atom. The van der Waals surface area contributed by atoms with Crippen molar-refractivity contribution in [3.8, 4) is 16.9 Å². The number of hydrogen-bond acceptors (Lipinski definition) is 1. The Kier molecular flexibility index (Phi) is 3.88. The molecule has 0 saturated carbocycles. The summed E-state index contributed by atoms with van der Waals surface area (Å²) >= 11 is 0. The minimum absolute atomic E-state index is 0.0239. The smallest absolute Gasteiger partial charge is 0.116 e. The second-order valence-electron chi connectivity index (χ2n) is 7.78. The average molecular weight is 282 g/mol. The van der Waals surface area contributed by atoms with Gasteiger partial charge in [0.1, 0.15) is 5.75 Å². The topological polar surface area (TPSA) is 20.2 Å². The number of phenolic OH excluding ortho intramolecular Hbond substituents is 1. The summed E-state index contributed by atoms with van der Waals surface area (Å²) in [6.07, 6.45) is 0. The predicted molar refractivity (Wildman–Crippen MR) is 90.9 cm³/mol. The van der Waals surface area contributed by atoms with E-state index in [1.165, 1.54) is 22.3 Å². The second kappa shape index (κ2) is 5.22. The maximum Gasteiger partial charge on any atom is 0.116 e. The molecular weight excluding hydrogens is 256 g/mol. The number of rotatable bonds is 1. The van der Waals surface area contributed by atoms with Crippen LogP contribution in [0.3, 0.4) is 0 Å². The molecular formula is C20H26O. The van der Waals surface area contributed by atoms with Crippen molar-refractivity contribution in [3.05, 3.63) is 53.6 Å². The zero-order valence-corrected chi connectivity index (χ0v) is 14.0. The molecule has 0 unspecified atom stereocenters. The molecule has 0 aliphatic carbocycles. The molecule has 0 aliphatic rings. The quantitative estimate of drug-likeness (QED) is 0.716. The molecule has 2 aromatic carbocycles. The van der Waals surface area contributed by atoms with Crippen molar-refractivity contribution in [3.63, 3.8) is 0 Å². The van der Waals surface area contributed by atoms with Crippen LogP contribution in [0.2, 0.25) is 0 Å². The van der Waals surface area contributed by atoms with Crippen LogP contribution >= 0.6 is 0 Å². The van der Waals surface area contributed by atoms with Gasteiger partial charge in [-0.25, -0.2) is 0 Å². The van der Waals surface area contributed by atoms with Gasteiger partial charge in [0, 0.05) is 0 Å². The van der Waals surface area contributed by atoms with Gasteiger partial charge < -0.3 is 5.11 Å². The molecule has 1 heteroatoms. The van der Waals surface area contributed by atoms with Gasteiger partial charge in [0.25, 0.3) is 0 Å². The lowest BCUT2D eigenvalue weighted by molar-refractivity contribution is 0.466. The largest absolute Gasteiger partial charge is 0.508 e. The third-order valence-electron chi connectivity index (χ3n) is 3.80. The number of hydrogen-bond donors (Lipinski definition) is 1. The van der Waals surface area contributed by atoms with E-state index < -0.39 is 0 Å². The van der Waals surface area contributed by atoms with Gasteiger partial charge in [0.15, 0.2) is 0 Å². The molecule has 0 atom stereocenters. The maximum absolute atomic E-state index is 10.2. The highest BCUT2D eigenvalue weighted by Gasteiger charge is 2.27. The first kappa shape index (κ1) is 15.6. The summed E-state index contributed by atoms with van der Waals surface area (Å²) in [4.78, 5) is 0. The molecule has 0 fully saturated rings. The van der Waals surface area contributed by atoms with E-state index >= 15 is 0 Å². The van der Waals surface area contributed by atoms with Gasteiger partial charge in [0.2, 0.25) is 0 Å². The zero-order valence-electron chi connectivity index (χ0n) is 14.0. The highest BCUT2D eigenvalue weighted by atomic mass is 16.3. The average Bonchev–Trinajstić information content (AvgIpc) is 2.36. The van der Waals surface area contributed by atoms with Crippen molar-refractivity contribution in [2.75, 3.05) is 0 Å². The van der Waals surface area contributed by atoms with Crippen molar-refractivity contribution in [1.82, 2.24) is 0 Å². The van der Waals surface area contributed by atoms with Crippen LogP contribution in [-0.4, -0.2) is 5.11 Å². The first-order chi connectivity index (χ1) is 9.60. The molecule has 0 saturated heterocycles. The highest BCUT2D eigenvalue weighted by molar-refractivity contribution is 5.74. The Balaban J connectivity index is 2.87. The molecule has 0 aromatic heterocycles. The monoisotopic (exact) mass is 282 g/mol. The van der Waals surface area contributed by atoms with Gasteiger partial charge in [-0.2, -0.15) is 0 Å². The Morgan fingerprint density at radius 1 is 0.714 bits per heavy atom. The van der Waals surface area contributed by atoms with Gasteiger partial charge in [0.05, 0.1) is 0 Å². The zero-order chi connectivity index (χ0) is 15.8. The predicted octanol–water partition coefficient (Wildman–Crippen LogP) is 5.65. The summed E-state index contributed by atoms with van der Waals surface area (Å²) in [5.41, 5.74) is 4.81. The van der Waals surface area contributed by atoms with Crippen molar-refractivity contribution in [2.24, 2.45) is 0 Å². The maximum atomic E-state index is 10.2. The fourth-order valence-corrected chi connectivity index (χ4v) is 2.73. The van der Waals surface area contributed by atoms with Crippen LogP contribution in [0.25, 0.3) is 11.1 Å². The van der Waals surface area contributed by atoms with E-state index in [-0.39, 0.29) is 10.8 Å². The van der Waals surface area contributed by atoms with Crippen LogP contribution in [0.1, 0.15) is 52.7 Å². The normalized spacial score (nSPS) is 12.5. The van der Waals surface area contributed by atoms with Crippen molar-refractivity contribution >= 4 is 0 Å². The van der Waals surface area contributed by atoms with Gasteiger partial charge in [-0.1, -0.05) is 71.9 Å². The first-order valence-corrected chi connectivity index (χ1v) is 7.54. The van der Waals surface area contributed by atoms with Crippen LogP contribution < -0.4 is 0 Å². The van der Waals surface area contributed by atoms with E-state index in [4.69, 9.17) is 0 Å². The van der Waals surface area contributed by atoms with E-state index in [0.29, 0.717) is 5.75 Å². The van der Waals surface area contributed by atoms with Crippen molar-refractivity contribution in [1.29, 1.82) is 0 Å². The first-order valence-electron chi connectivity index (χ1n) is 7.54. The molecule has 21 heavy (non-hydrogen) atoms. The number of phenols is 1. The van der Waals surface area contributed by atoms with Gasteiger partial charge in [-0.3, -0.25) is 0 Å². The highest BCUT2D eigenvalue weighted by Crippen LogP contribution is 2.42. The molecule has 0 amide bonds. The Labute approximate surface area is 128 Å². The van der Waals surface area contributed by atoms with Crippen LogP contribution in [0.5, 0.6) is 5.75 Å². The molecule has 0 spiro atoms. The fourth-order valence-electron chi connectivity index (χ4n) is 2.73. The summed E-state index contributed by atoms with van der Waals surface area (Å²) in [7, 11) is 0. The number of aromatic hydroxyl groups is 1. The van der Waals surface area contributed by atoms with Gasteiger partial charge >= 0.3 is 0 Å². The molecule has 112 valence electrons. The van der Waals surface area contributed by atoms with E-state index in [2.05, 4.69) is 65.8 Å². The minimum Gasteiger partial charge on any atom is -0.508 e. The third kappa shape index (κ3) is 3.29. The lowest BCUT2D eigenvalue weighted by Crippen LogP contribution is -2.19. The van der Waals surface area contributed by atoms with Crippen molar-refractivity contribution < 1.29 is 5.11 Å². The lowest BCUT2D eigenvalue weighted by Gasteiger charge is -2.30. The minimum atomic E-state index is -0.0239. The van der Waals surface area contributed by atoms with Crippen LogP contribution in [0.4, 0.5) is 0 Å². The molecule has 0 radical (unpaired) electrons. The summed E-state index contributed by atoms with van der Waals surface area (Å²) in [5, 5.41) is 10.2. The van der Waals surface area contributed by atoms with E-state index in [1.54, 1.807) is 0 Å². The molecule has 0 aliphatic heterocycles. The van der Waals surface area contributed by atoms with E-state index in [1.807, 2.05) is 18.2 Å². The summed E-state index contributed by atoms with van der Waals surface area (Å²) in [6, 6.07) is 14.3. The second-order valence-corrected chi connectivity index (χ2v) is 7.78. The third-order valence-corrected chi connectivity index (χ3v) is 3.80. The van der Waals surface area contributed by atoms with Crippen LogP contribution in [0, 0.1) is 0 Å². The van der Waals surface area contributed by atoms with Gasteiger partial charge in [-0.15, -0.1) is 0 Å². The number of benzene rings is 2. The Bertz CT molecular complexity index is 590. The molecule has 0 bridgehead atoms. The van der Waals surface area contributed by atoms with E-state index in [0.717, 1.165) is 0 Å². The van der Waals surface area contributed by atoms with Crippen LogP contribution in [-0.2, 0) is 10.8 Å². The molecule has 1 N–H and O–H groups in total. The van der Waals surface area contributed by atoms with Gasteiger partial charge in [-0.05, 0) is 45.2 Å².